The zero-order valence-electron chi connectivity index (χ0n) is 13.4. The van der Waals surface area contributed by atoms with Gasteiger partial charge in [0, 0.05) is 25.4 Å². The second-order valence-corrected chi connectivity index (χ2v) is 5.63. The highest BCUT2D eigenvalue weighted by Gasteiger charge is 2.16. The normalized spacial score (nSPS) is 11.9. The molecule has 0 spiro atoms. The number of rotatable bonds is 5. The number of amides is 1. The van der Waals surface area contributed by atoms with Crippen molar-refractivity contribution in [2.75, 3.05) is 0 Å². The third-order valence-electron chi connectivity index (χ3n) is 3.80. The molecular formula is C19H19N3O2. The van der Waals surface area contributed by atoms with E-state index in [0.717, 1.165) is 16.7 Å². The Hall–Kier alpha value is -2.92. The fraction of sp³-hybridized carbons (Fsp3) is 0.158. The molecule has 1 heterocycles. The summed E-state index contributed by atoms with van der Waals surface area (Å²) >= 11 is 0. The van der Waals surface area contributed by atoms with E-state index in [2.05, 4.69) is 10.4 Å². The highest BCUT2D eigenvalue weighted by molar-refractivity contribution is 5.81. The first-order valence-electron chi connectivity index (χ1n) is 7.72. The van der Waals surface area contributed by atoms with Gasteiger partial charge in [0.05, 0.1) is 6.20 Å². The maximum atomic E-state index is 12.1. The van der Waals surface area contributed by atoms with Crippen molar-refractivity contribution in [2.45, 2.75) is 12.6 Å². The van der Waals surface area contributed by atoms with Gasteiger partial charge in [-0.2, -0.15) is 5.10 Å². The van der Waals surface area contributed by atoms with Crippen LogP contribution in [0.25, 0.3) is 11.1 Å². The predicted octanol–water partition coefficient (Wildman–Crippen LogP) is 2.44. The maximum absolute atomic E-state index is 12.1. The number of nitrogens with zero attached hydrogens (tertiary/aromatic N) is 2. The summed E-state index contributed by atoms with van der Waals surface area (Å²) in [4.78, 5) is 12.1. The number of aliphatic hydroxyl groups is 1. The molecule has 24 heavy (non-hydrogen) atoms. The van der Waals surface area contributed by atoms with E-state index in [1.165, 1.54) is 0 Å². The summed E-state index contributed by atoms with van der Waals surface area (Å²) in [6, 6.07) is 16.8. The smallest absolute Gasteiger partial charge is 0.253 e. The standard InChI is InChI=1S/C19H19N3O2/c1-22-13-17(12-21-22)16-9-5-6-14(10-16)11-20-19(24)18(23)15-7-3-2-4-8-15/h2-10,12-13,18,23H,11H2,1H3,(H,20,24). The molecule has 0 aliphatic carbocycles. The van der Waals surface area contributed by atoms with E-state index in [1.54, 1.807) is 35.1 Å². The molecule has 0 saturated heterocycles. The Morgan fingerprint density at radius 1 is 1.17 bits per heavy atom. The van der Waals surface area contributed by atoms with Crippen LogP contribution in [0.1, 0.15) is 17.2 Å². The van der Waals surface area contributed by atoms with Gasteiger partial charge in [0.2, 0.25) is 0 Å². The first-order valence-corrected chi connectivity index (χ1v) is 7.72. The van der Waals surface area contributed by atoms with Crippen LogP contribution in [0.5, 0.6) is 0 Å². The van der Waals surface area contributed by atoms with Gasteiger partial charge >= 0.3 is 0 Å². The molecule has 0 saturated carbocycles. The zero-order valence-corrected chi connectivity index (χ0v) is 13.4. The molecule has 122 valence electrons. The Morgan fingerprint density at radius 3 is 2.67 bits per heavy atom. The molecule has 2 N–H and O–H groups in total. The van der Waals surface area contributed by atoms with Gasteiger partial charge in [-0.3, -0.25) is 9.48 Å². The van der Waals surface area contributed by atoms with E-state index in [4.69, 9.17) is 0 Å². The van der Waals surface area contributed by atoms with Crippen LogP contribution in [0, 0.1) is 0 Å². The van der Waals surface area contributed by atoms with Crippen molar-refractivity contribution < 1.29 is 9.90 Å². The second-order valence-electron chi connectivity index (χ2n) is 5.63. The van der Waals surface area contributed by atoms with Crippen LogP contribution in [0.4, 0.5) is 0 Å². The van der Waals surface area contributed by atoms with E-state index in [1.807, 2.05) is 43.6 Å². The van der Waals surface area contributed by atoms with Gasteiger partial charge in [-0.1, -0.05) is 48.5 Å². The predicted molar refractivity (Wildman–Crippen MR) is 91.9 cm³/mol. The topological polar surface area (TPSA) is 67.2 Å². The SMILES string of the molecule is Cn1cc(-c2cccc(CNC(=O)C(O)c3ccccc3)c2)cn1. The summed E-state index contributed by atoms with van der Waals surface area (Å²) in [5.74, 6) is -0.409. The second kappa shape index (κ2) is 7.10. The lowest BCUT2D eigenvalue weighted by Gasteiger charge is -2.12. The van der Waals surface area contributed by atoms with Crippen molar-refractivity contribution in [1.82, 2.24) is 15.1 Å². The number of aromatic nitrogens is 2. The van der Waals surface area contributed by atoms with Gasteiger partial charge < -0.3 is 10.4 Å². The number of aliphatic hydroxyl groups excluding tert-OH is 1. The molecule has 3 rings (SSSR count). The summed E-state index contributed by atoms with van der Waals surface area (Å²) < 4.78 is 1.75. The molecule has 5 nitrogen and oxygen atoms in total. The molecule has 1 amide bonds. The van der Waals surface area contributed by atoms with Crippen LogP contribution in [-0.4, -0.2) is 20.8 Å². The third-order valence-corrected chi connectivity index (χ3v) is 3.80. The van der Waals surface area contributed by atoms with Crippen LogP contribution >= 0.6 is 0 Å². The van der Waals surface area contributed by atoms with Crippen LogP contribution in [-0.2, 0) is 18.4 Å². The lowest BCUT2D eigenvalue weighted by Crippen LogP contribution is -2.28. The number of nitrogens with one attached hydrogen (secondary N) is 1. The molecule has 0 fully saturated rings. The van der Waals surface area contributed by atoms with Crippen LogP contribution < -0.4 is 5.32 Å². The van der Waals surface area contributed by atoms with Crippen molar-refractivity contribution in [1.29, 1.82) is 0 Å². The average Bonchev–Trinajstić information content (AvgIpc) is 3.06. The molecular weight excluding hydrogens is 302 g/mol. The molecule has 1 unspecified atom stereocenters. The molecule has 2 aromatic carbocycles. The largest absolute Gasteiger partial charge is 0.378 e. The van der Waals surface area contributed by atoms with Crippen molar-refractivity contribution in [3.05, 3.63) is 78.1 Å². The monoisotopic (exact) mass is 321 g/mol. The molecule has 3 aromatic rings. The summed E-state index contributed by atoms with van der Waals surface area (Å²) in [6.07, 6.45) is 2.58. The lowest BCUT2D eigenvalue weighted by atomic mass is 10.1. The number of carbonyl (C=O) groups excluding carboxylic acids is 1. The van der Waals surface area contributed by atoms with Crippen LogP contribution in [0.15, 0.2) is 67.0 Å². The zero-order chi connectivity index (χ0) is 16.9. The maximum Gasteiger partial charge on any atom is 0.253 e. The van der Waals surface area contributed by atoms with Crippen molar-refractivity contribution in [3.63, 3.8) is 0 Å². The summed E-state index contributed by atoms with van der Waals surface area (Å²) in [6.45, 7) is 0.358. The Balaban J connectivity index is 1.65. The highest BCUT2D eigenvalue weighted by atomic mass is 16.3. The van der Waals surface area contributed by atoms with Gasteiger partial charge in [-0.15, -0.1) is 0 Å². The quantitative estimate of drug-likeness (QED) is 0.758. The molecule has 0 radical (unpaired) electrons. The first kappa shape index (κ1) is 16.0. The molecule has 1 aromatic heterocycles. The van der Waals surface area contributed by atoms with E-state index in [0.29, 0.717) is 12.1 Å². The van der Waals surface area contributed by atoms with Crippen molar-refractivity contribution >= 4 is 5.91 Å². The van der Waals surface area contributed by atoms with Crippen molar-refractivity contribution in [3.8, 4) is 11.1 Å². The fourth-order valence-electron chi connectivity index (χ4n) is 2.50. The third kappa shape index (κ3) is 3.70. The number of benzene rings is 2. The van der Waals surface area contributed by atoms with Gasteiger partial charge in [0.25, 0.3) is 5.91 Å². The Bertz CT molecular complexity index is 827. The molecule has 0 aliphatic rings. The minimum Gasteiger partial charge on any atom is -0.378 e. The number of hydrogen-bond acceptors (Lipinski definition) is 3. The van der Waals surface area contributed by atoms with E-state index < -0.39 is 12.0 Å². The molecule has 0 bridgehead atoms. The minimum atomic E-state index is -1.16. The first-order chi connectivity index (χ1) is 11.6. The molecule has 5 heteroatoms. The number of aryl methyl sites for hydroxylation is 1. The van der Waals surface area contributed by atoms with Crippen LogP contribution in [0.3, 0.4) is 0 Å². The lowest BCUT2D eigenvalue weighted by molar-refractivity contribution is -0.129. The van der Waals surface area contributed by atoms with E-state index in [9.17, 15) is 9.90 Å². The van der Waals surface area contributed by atoms with Crippen LogP contribution in [0.2, 0.25) is 0 Å². The summed E-state index contributed by atoms with van der Waals surface area (Å²) in [7, 11) is 1.87. The fourth-order valence-corrected chi connectivity index (χ4v) is 2.50. The summed E-state index contributed by atoms with van der Waals surface area (Å²) in [5.41, 5.74) is 3.61. The molecule has 0 aliphatic heterocycles. The molecule has 1 atom stereocenters. The Morgan fingerprint density at radius 2 is 1.96 bits per heavy atom. The Kier molecular flexibility index (Phi) is 4.72. The average molecular weight is 321 g/mol. The van der Waals surface area contributed by atoms with Gasteiger partial charge in [0.1, 0.15) is 0 Å². The number of carbonyl (C=O) groups is 1. The number of hydrogen-bond donors (Lipinski definition) is 2. The van der Waals surface area contributed by atoms with Gasteiger partial charge in [-0.05, 0) is 22.8 Å². The van der Waals surface area contributed by atoms with Gasteiger partial charge in [0.15, 0.2) is 6.10 Å². The van der Waals surface area contributed by atoms with E-state index in [-0.39, 0.29) is 0 Å². The minimum absolute atomic E-state index is 0.358. The summed E-state index contributed by atoms with van der Waals surface area (Å²) in [5, 5.41) is 17.0. The van der Waals surface area contributed by atoms with Crippen molar-refractivity contribution in [2.24, 2.45) is 7.05 Å². The Labute approximate surface area is 140 Å². The van der Waals surface area contributed by atoms with Gasteiger partial charge in [-0.25, -0.2) is 0 Å². The van der Waals surface area contributed by atoms with E-state index >= 15 is 0 Å². The highest BCUT2D eigenvalue weighted by Crippen LogP contribution is 2.19.